The maximum atomic E-state index is 13.6. The Balaban J connectivity index is 2.24. The number of methoxy groups -OCH3 is 1. The number of hydrogen-bond acceptors (Lipinski definition) is 3. The van der Waals surface area contributed by atoms with E-state index in [-0.39, 0.29) is 24.8 Å². The van der Waals surface area contributed by atoms with E-state index in [2.05, 4.69) is 4.99 Å². The third-order valence-electron chi connectivity index (χ3n) is 3.57. The van der Waals surface area contributed by atoms with E-state index >= 15 is 0 Å². The van der Waals surface area contributed by atoms with E-state index in [1.807, 2.05) is 0 Å². The highest BCUT2D eigenvalue weighted by atomic mass is 19.3. The van der Waals surface area contributed by atoms with Crippen LogP contribution < -0.4 is 16.2 Å². The molecule has 1 saturated heterocycles. The number of nitrogens with zero attached hydrogens (tertiary/aromatic N) is 2. The van der Waals surface area contributed by atoms with Crippen molar-refractivity contribution in [1.29, 1.82) is 5.41 Å². The number of hydrogen-bond donors (Lipinski definition) is 3. The van der Waals surface area contributed by atoms with Crippen LogP contribution in [0.1, 0.15) is 12.8 Å². The molecule has 8 heteroatoms. The molecule has 1 aromatic rings. The first-order valence-electron chi connectivity index (χ1n) is 6.79. The molecule has 1 atom stereocenters. The number of ether oxygens (including phenoxy) is 1. The molecule has 5 N–H and O–H groups in total. The first-order valence-corrected chi connectivity index (χ1v) is 6.79. The van der Waals surface area contributed by atoms with Gasteiger partial charge in [-0.2, -0.15) is 0 Å². The average Bonchev–Trinajstić information content (AvgIpc) is 2.46. The largest absolute Gasteiger partial charge is 0.497 e. The molecule has 1 aliphatic rings. The number of nitrogens with one attached hydrogen (secondary N) is 1. The molecule has 1 aliphatic heterocycles. The summed E-state index contributed by atoms with van der Waals surface area (Å²) in [6.07, 6.45) is -0.850. The van der Waals surface area contributed by atoms with Gasteiger partial charge >= 0.3 is 0 Å². The van der Waals surface area contributed by atoms with Gasteiger partial charge in [-0.25, -0.2) is 13.8 Å². The summed E-state index contributed by atoms with van der Waals surface area (Å²) in [5.41, 5.74) is 11.9. The molecule has 120 valence electrons. The van der Waals surface area contributed by atoms with E-state index in [0.29, 0.717) is 11.4 Å². The highest BCUT2D eigenvalue weighted by molar-refractivity contribution is 5.92. The number of piperidine rings is 1. The minimum Gasteiger partial charge on any atom is -0.497 e. The second-order valence-electron chi connectivity index (χ2n) is 5.14. The van der Waals surface area contributed by atoms with E-state index in [4.69, 9.17) is 21.6 Å². The molecular formula is C14H19F2N5O. The first kappa shape index (κ1) is 16.0. The molecule has 1 fully saturated rings. The van der Waals surface area contributed by atoms with Gasteiger partial charge in [-0.1, -0.05) is 0 Å². The van der Waals surface area contributed by atoms with Crippen LogP contribution in [0, 0.1) is 5.41 Å². The SMILES string of the molecule is COc1ccc(N=C(N)C2CC(F)(F)CCN2C(=N)N)cc1. The molecule has 6 nitrogen and oxygen atoms in total. The van der Waals surface area contributed by atoms with Gasteiger partial charge in [-0.3, -0.25) is 5.41 Å². The summed E-state index contributed by atoms with van der Waals surface area (Å²) in [5, 5.41) is 7.51. The Morgan fingerprint density at radius 1 is 1.36 bits per heavy atom. The Hall–Kier alpha value is -2.38. The predicted molar refractivity (Wildman–Crippen MR) is 80.9 cm³/mol. The lowest BCUT2D eigenvalue weighted by Crippen LogP contribution is -2.56. The summed E-state index contributed by atoms with van der Waals surface area (Å²) < 4.78 is 32.3. The van der Waals surface area contributed by atoms with E-state index in [1.54, 1.807) is 31.4 Å². The Labute approximate surface area is 127 Å². The summed E-state index contributed by atoms with van der Waals surface area (Å²) in [6.45, 7) is -0.0220. The molecule has 0 amide bonds. The van der Waals surface area contributed by atoms with Gasteiger partial charge in [0.05, 0.1) is 18.8 Å². The number of alkyl halides is 2. The molecule has 1 aromatic carbocycles. The zero-order chi connectivity index (χ0) is 16.3. The summed E-state index contributed by atoms with van der Waals surface area (Å²) in [5.74, 6) is -2.45. The molecule has 1 heterocycles. The van der Waals surface area contributed by atoms with Gasteiger partial charge in [0.15, 0.2) is 5.96 Å². The Morgan fingerprint density at radius 2 is 2.00 bits per heavy atom. The summed E-state index contributed by atoms with van der Waals surface area (Å²) in [6, 6.07) is 5.85. The van der Waals surface area contributed by atoms with Gasteiger partial charge < -0.3 is 21.1 Å². The predicted octanol–water partition coefficient (Wildman–Crippen LogP) is 1.68. The number of halogens is 2. The van der Waals surface area contributed by atoms with Crippen LogP contribution in [-0.2, 0) is 0 Å². The second kappa shape index (κ2) is 6.17. The summed E-state index contributed by atoms with van der Waals surface area (Å²) >= 11 is 0. The van der Waals surface area contributed by atoms with Crippen molar-refractivity contribution in [2.75, 3.05) is 13.7 Å². The lowest BCUT2D eigenvalue weighted by atomic mass is 9.98. The van der Waals surface area contributed by atoms with E-state index in [9.17, 15) is 8.78 Å². The summed E-state index contributed by atoms with van der Waals surface area (Å²) in [7, 11) is 1.54. The van der Waals surface area contributed by atoms with Crippen molar-refractivity contribution in [3.05, 3.63) is 24.3 Å². The lowest BCUT2D eigenvalue weighted by Gasteiger charge is -2.39. The molecule has 1 unspecified atom stereocenters. The van der Waals surface area contributed by atoms with Crippen LogP contribution >= 0.6 is 0 Å². The number of rotatable bonds is 3. The van der Waals surface area contributed by atoms with Crippen LogP contribution in [0.5, 0.6) is 5.75 Å². The number of likely N-dealkylation sites (tertiary alicyclic amines) is 1. The van der Waals surface area contributed by atoms with Crippen LogP contribution in [0.4, 0.5) is 14.5 Å². The van der Waals surface area contributed by atoms with Crippen molar-refractivity contribution in [2.45, 2.75) is 24.8 Å². The normalized spacial score (nSPS) is 21.5. The van der Waals surface area contributed by atoms with Gasteiger partial charge in [0, 0.05) is 19.4 Å². The van der Waals surface area contributed by atoms with Crippen molar-refractivity contribution < 1.29 is 13.5 Å². The zero-order valence-electron chi connectivity index (χ0n) is 12.2. The van der Waals surface area contributed by atoms with Gasteiger partial charge in [0.25, 0.3) is 5.92 Å². The van der Waals surface area contributed by atoms with Crippen molar-refractivity contribution >= 4 is 17.5 Å². The van der Waals surface area contributed by atoms with Crippen molar-refractivity contribution in [2.24, 2.45) is 16.5 Å². The minimum absolute atomic E-state index is 0.0136. The van der Waals surface area contributed by atoms with Crippen molar-refractivity contribution in [3.63, 3.8) is 0 Å². The molecule has 0 aliphatic carbocycles. The van der Waals surface area contributed by atoms with E-state index in [1.165, 1.54) is 4.90 Å². The molecular weight excluding hydrogens is 292 g/mol. The Kier molecular flexibility index (Phi) is 4.48. The second-order valence-corrected chi connectivity index (χ2v) is 5.14. The third-order valence-corrected chi connectivity index (χ3v) is 3.57. The first-order chi connectivity index (χ1) is 10.3. The van der Waals surface area contributed by atoms with Crippen LogP contribution in [-0.4, -0.2) is 42.3 Å². The monoisotopic (exact) mass is 311 g/mol. The quantitative estimate of drug-likeness (QED) is 0.584. The molecule has 2 rings (SSSR count). The molecule has 0 spiro atoms. The fraction of sp³-hybridized carbons (Fsp3) is 0.429. The number of benzene rings is 1. The van der Waals surface area contributed by atoms with Crippen LogP contribution in [0.3, 0.4) is 0 Å². The highest BCUT2D eigenvalue weighted by Crippen LogP contribution is 2.32. The number of amidine groups is 1. The van der Waals surface area contributed by atoms with E-state index in [0.717, 1.165) is 0 Å². The lowest BCUT2D eigenvalue weighted by molar-refractivity contribution is -0.0526. The topological polar surface area (TPSA) is 101 Å². The fourth-order valence-electron chi connectivity index (χ4n) is 2.37. The maximum Gasteiger partial charge on any atom is 0.252 e. The Bertz CT molecular complexity index is 573. The average molecular weight is 311 g/mol. The van der Waals surface area contributed by atoms with Crippen molar-refractivity contribution in [1.82, 2.24) is 4.90 Å². The minimum atomic E-state index is -2.84. The number of nitrogens with two attached hydrogens (primary N) is 2. The highest BCUT2D eigenvalue weighted by Gasteiger charge is 2.42. The smallest absolute Gasteiger partial charge is 0.252 e. The molecule has 0 saturated carbocycles. The number of aliphatic imine (C=N–C) groups is 1. The van der Waals surface area contributed by atoms with E-state index < -0.39 is 18.4 Å². The molecule has 0 aromatic heterocycles. The van der Waals surface area contributed by atoms with Gasteiger partial charge in [-0.05, 0) is 24.3 Å². The Morgan fingerprint density at radius 3 is 2.55 bits per heavy atom. The third kappa shape index (κ3) is 3.63. The van der Waals surface area contributed by atoms with Gasteiger partial charge in [-0.15, -0.1) is 0 Å². The van der Waals surface area contributed by atoms with Crippen LogP contribution in [0.15, 0.2) is 29.3 Å². The van der Waals surface area contributed by atoms with Crippen molar-refractivity contribution in [3.8, 4) is 5.75 Å². The van der Waals surface area contributed by atoms with Crippen LogP contribution in [0.25, 0.3) is 0 Å². The zero-order valence-corrected chi connectivity index (χ0v) is 12.2. The summed E-state index contributed by atoms with van der Waals surface area (Å²) in [4.78, 5) is 5.51. The van der Waals surface area contributed by atoms with Crippen LogP contribution in [0.2, 0.25) is 0 Å². The molecule has 0 radical (unpaired) electrons. The molecule has 0 bridgehead atoms. The standard InChI is InChI=1S/C14H19F2N5O/c1-22-10-4-2-9(3-5-10)20-12(17)11-8-14(15,16)6-7-21(11)13(18)19/h2-5,11H,6-8H2,1H3,(H2,17,20)(H3,18,19). The molecule has 22 heavy (non-hydrogen) atoms. The van der Waals surface area contributed by atoms with Gasteiger partial charge in [0.2, 0.25) is 0 Å². The van der Waals surface area contributed by atoms with Gasteiger partial charge in [0.1, 0.15) is 11.6 Å². The number of guanidine groups is 1. The fourth-order valence-corrected chi connectivity index (χ4v) is 2.37. The maximum absolute atomic E-state index is 13.6.